The molecule has 0 aromatic carbocycles. The van der Waals surface area contributed by atoms with Gasteiger partial charge in [-0.2, -0.15) is 13.4 Å². The van der Waals surface area contributed by atoms with Crippen LogP contribution in [0, 0.1) is 0 Å². The van der Waals surface area contributed by atoms with E-state index >= 15 is 0 Å². The minimum atomic E-state index is -4.67. The zero-order chi connectivity index (χ0) is 11.4. The maximum absolute atomic E-state index is 8.74. The third kappa shape index (κ3) is 10.2. The van der Waals surface area contributed by atoms with Crippen LogP contribution >= 0.6 is 0 Å². The van der Waals surface area contributed by atoms with Gasteiger partial charge in [-0.15, -0.1) is 0 Å². The fourth-order valence-corrected chi connectivity index (χ4v) is 0.419. The molecule has 0 aliphatic rings. The molecule has 0 aliphatic carbocycles. The highest BCUT2D eigenvalue weighted by atomic mass is 32.3. The molecule has 0 aliphatic heterocycles. The molecule has 1 aromatic heterocycles. The number of nitrogens with zero attached hydrogens (tertiary/aromatic N) is 2. The van der Waals surface area contributed by atoms with E-state index in [0.29, 0.717) is 5.69 Å². The molecular formula is C4H11N5O5S. The molecule has 10 nitrogen and oxygen atoms in total. The maximum atomic E-state index is 8.74. The Hall–Kier alpha value is -1.69. The molecule has 11 heteroatoms. The lowest BCUT2D eigenvalue weighted by atomic mass is 10.5. The van der Waals surface area contributed by atoms with Crippen LogP contribution in [0.15, 0.2) is 6.20 Å². The van der Waals surface area contributed by atoms with Crippen LogP contribution in [0.1, 0.15) is 0 Å². The third-order valence-corrected chi connectivity index (χ3v) is 0.867. The standard InChI is InChI=1S/C4H7N5.H2O4S.H2O/c5-2-1-8-4(7)9-3(2)6;1-5(2,3)4;/h1H,5H2,(H4,6,7,8,9);(H2,1,2,3,4);1H2. The largest absolute Gasteiger partial charge is 0.412 e. The smallest absolute Gasteiger partial charge is 0.394 e. The Morgan fingerprint density at radius 2 is 1.60 bits per heavy atom. The zero-order valence-corrected chi connectivity index (χ0v) is 8.14. The highest BCUT2D eigenvalue weighted by molar-refractivity contribution is 7.79. The summed E-state index contributed by atoms with van der Waals surface area (Å²) in [7, 11) is -4.67. The molecule has 10 N–H and O–H groups in total. The second-order valence-corrected chi connectivity index (χ2v) is 2.91. The minimum Gasteiger partial charge on any atom is -0.412 e. The van der Waals surface area contributed by atoms with Gasteiger partial charge in [0.2, 0.25) is 5.95 Å². The van der Waals surface area contributed by atoms with Crippen molar-refractivity contribution in [2.45, 2.75) is 0 Å². The van der Waals surface area contributed by atoms with Gasteiger partial charge in [0.15, 0.2) is 5.82 Å². The van der Waals surface area contributed by atoms with Crippen molar-refractivity contribution >= 4 is 27.9 Å². The molecule has 0 bridgehead atoms. The van der Waals surface area contributed by atoms with Crippen molar-refractivity contribution in [1.82, 2.24) is 9.97 Å². The molecule has 0 radical (unpaired) electrons. The van der Waals surface area contributed by atoms with Gasteiger partial charge in [-0.3, -0.25) is 9.11 Å². The Kier molecular flexibility index (Phi) is 6.22. The van der Waals surface area contributed by atoms with Crippen LogP contribution in [0.4, 0.5) is 17.5 Å². The van der Waals surface area contributed by atoms with Crippen molar-refractivity contribution < 1.29 is 23.0 Å². The number of nitrogen functional groups attached to an aromatic ring is 3. The Balaban J connectivity index is 0. The van der Waals surface area contributed by atoms with Crippen molar-refractivity contribution in [1.29, 1.82) is 0 Å². The number of hydrogen-bond acceptors (Lipinski definition) is 7. The van der Waals surface area contributed by atoms with Gasteiger partial charge in [-0.05, 0) is 0 Å². The summed E-state index contributed by atoms with van der Waals surface area (Å²) >= 11 is 0. The summed E-state index contributed by atoms with van der Waals surface area (Å²) in [6.45, 7) is 0. The van der Waals surface area contributed by atoms with Crippen LogP contribution < -0.4 is 17.2 Å². The molecule has 0 saturated carbocycles. The van der Waals surface area contributed by atoms with Crippen molar-refractivity contribution in [3.63, 3.8) is 0 Å². The van der Waals surface area contributed by atoms with E-state index < -0.39 is 10.4 Å². The number of rotatable bonds is 0. The fraction of sp³-hybridized carbons (Fsp3) is 0. The SMILES string of the molecule is Nc1ncc(N)c(N)n1.O.O=S(=O)(O)O. The van der Waals surface area contributed by atoms with Crippen LogP contribution in [0.25, 0.3) is 0 Å². The van der Waals surface area contributed by atoms with E-state index in [4.69, 9.17) is 34.7 Å². The van der Waals surface area contributed by atoms with Crippen molar-refractivity contribution in [2.75, 3.05) is 17.2 Å². The summed E-state index contributed by atoms with van der Waals surface area (Å²) in [5, 5.41) is 0. The lowest BCUT2D eigenvalue weighted by Gasteiger charge is -1.96. The van der Waals surface area contributed by atoms with Gasteiger partial charge in [0, 0.05) is 0 Å². The van der Waals surface area contributed by atoms with Gasteiger partial charge in [-0.1, -0.05) is 0 Å². The third-order valence-electron chi connectivity index (χ3n) is 0.867. The maximum Gasteiger partial charge on any atom is 0.394 e. The average Bonchev–Trinajstić information content (AvgIpc) is 1.94. The van der Waals surface area contributed by atoms with E-state index in [-0.39, 0.29) is 17.2 Å². The zero-order valence-electron chi connectivity index (χ0n) is 7.32. The molecule has 0 saturated heterocycles. The Bertz CT molecular complexity index is 398. The van der Waals surface area contributed by atoms with Crippen LogP contribution in [0.2, 0.25) is 0 Å². The van der Waals surface area contributed by atoms with Gasteiger partial charge in [0.05, 0.1) is 11.9 Å². The van der Waals surface area contributed by atoms with Gasteiger partial charge in [-0.25, -0.2) is 4.98 Å². The molecule has 1 aromatic rings. The van der Waals surface area contributed by atoms with E-state index in [1.165, 1.54) is 6.20 Å². The highest BCUT2D eigenvalue weighted by Gasteiger charge is 1.94. The molecule has 0 amide bonds. The predicted octanol–water partition coefficient (Wildman–Crippen LogP) is -2.25. The fourth-order valence-electron chi connectivity index (χ4n) is 0.419. The molecule has 88 valence electrons. The first-order valence-electron chi connectivity index (χ1n) is 3.03. The lowest BCUT2D eigenvalue weighted by molar-refractivity contribution is 0.381. The summed E-state index contributed by atoms with van der Waals surface area (Å²) in [5.74, 6) is 0.365. The van der Waals surface area contributed by atoms with Gasteiger partial charge in [0.1, 0.15) is 0 Å². The van der Waals surface area contributed by atoms with Crippen molar-refractivity contribution in [3.05, 3.63) is 6.20 Å². The minimum absolute atomic E-state index is 0. The van der Waals surface area contributed by atoms with Gasteiger partial charge < -0.3 is 22.7 Å². The molecule has 0 unspecified atom stereocenters. The van der Waals surface area contributed by atoms with Crippen LogP contribution in [0.5, 0.6) is 0 Å². The van der Waals surface area contributed by atoms with E-state index in [1.807, 2.05) is 0 Å². The summed E-state index contributed by atoms with van der Waals surface area (Å²) in [6.07, 6.45) is 1.37. The van der Waals surface area contributed by atoms with E-state index in [2.05, 4.69) is 9.97 Å². The van der Waals surface area contributed by atoms with Gasteiger partial charge in [0.25, 0.3) is 0 Å². The van der Waals surface area contributed by atoms with Gasteiger partial charge >= 0.3 is 10.4 Å². The summed E-state index contributed by atoms with van der Waals surface area (Å²) < 4.78 is 31.6. The van der Waals surface area contributed by atoms with Crippen LogP contribution in [0.3, 0.4) is 0 Å². The second kappa shape index (κ2) is 5.92. The Morgan fingerprint density at radius 3 is 1.87 bits per heavy atom. The number of nitrogens with two attached hydrogens (primary N) is 3. The van der Waals surface area contributed by atoms with E-state index in [1.54, 1.807) is 0 Å². The predicted molar refractivity (Wildman–Crippen MR) is 53.1 cm³/mol. The number of hydrogen-bond donors (Lipinski definition) is 5. The molecule has 0 fully saturated rings. The summed E-state index contributed by atoms with van der Waals surface area (Å²) in [6, 6.07) is 0. The highest BCUT2D eigenvalue weighted by Crippen LogP contribution is 2.08. The molecule has 0 spiro atoms. The molecule has 15 heavy (non-hydrogen) atoms. The van der Waals surface area contributed by atoms with Crippen LogP contribution in [-0.4, -0.2) is 33.0 Å². The van der Waals surface area contributed by atoms with Crippen molar-refractivity contribution in [3.8, 4) is 0 Å². The number of anilines is 3. The lowest BCUT2D eigenvalue weighted by Crippen LogP contribution is -2.02. The molecule has 1 rings (SSSR count). The average molecular weight is 241 g/mol. The quantitative estimate of drug-likeness (QED) is 0.310. The summed E-state index contributed by atoms with van der Waals surface area (Å²) in [5.41, 5.74) is 16.1. The molecule has 1 heterocycles. The van der Waals surface area contributed by atoms with Crippen LogP contribution in [-0.2, 0) is 10.4 Å². The Morgan fingerprint density at radius 1 is 1.20 bits per heavy atom. The first kappa shape index (κ1) is 15.8. The summed E-state index contributed by atoms with van der Waals surface area (Å²) in [4.78, 5) is 7.19. The Labute approximate surface area is 85.0 Å². The second-order valence-electron chi connectivity index (χ2n) is 2.02. The van der Waals surface area contributed by atoms with E-state index in [0.717, 1.165) is 0 Å². The molecular weight excluding hydrogens is 230 g/mol. The number of aromatic nitrogens is 2. The van der Waals surface area contributed by atoms with Crippen molar-refractivity contribution in [2.24, 2.45) is 0 Å². The monoisotopic (exact) mass is 241 g/mol. The van der Waals surface area contributed by atoms with E-state index in [9.17, 15) is 0 Å². The molecule has 0 atom stereocenters. The topological polar surface area (TPSA) is 210 Å². The first-order chi connectivity index (χ1) is 6.20. The normalized spacial score (nSPS) is 9.47. The first-order valence-corrected chi connectivity index (χ1v) is 4.43.